The first-order valence-electron chi connectivity index (χ1n) is 16.6. The molecule has 0 unspecified atom stereocenters. The maximum Gasteiger partial charge on any atom is 0.159 e. The molecular formula is C45H37NO. The zero-order valence-electron chi connectivity index (χ0n) is 27.6. The molecule has 8 aromatic rings. The largest absolute Gasteiger partial charge is 0.454 e. The van der Waals surface area contributed by atoms with Gasteiger partial charge in [-0.05, 0) is 79.7 Å². The van der Waals surface area contributed by atoms with Gasteiger partial charge in [-0.2, -0.15) is 0 Å². The molecule has 0 bridgehead atoms. The molecule has 2 nitrogen and oxygen atoms in total. The molecule has 7 aromatic carbocycles. The average Bonchev–Trinajstić information content (AvgIpc) is 3.57. The molecule has 228 valence electrons. The van der Waals surface area contributed by atoms with Crippen LogP contribution in [-0.2, 0) is 10.8 Å². The summed E-state index contributed by atoms with van der Waals surface area (Å²) in [6.07, 6.45) is 0. The minimum absolute atomic E-state index is 0.0565. The predicted molar refractivity (Wildman–Crippen MR) is 200 cm³/mol. The average molecular weight is 608 g/mol. The molecule has 0 saturated carbocycles. The Kier molecular flexibility index (Phi) is 5.84. The molecule has 0 saturated heterocycles. The molecule has 0 N–H and O–H groups in total. The first-order valence-corrected chi connectivity index (χ1v) is 16.6. The van der Waals surface area contributed by atoms with Crippen LogP contribution in [-0.4, -0.2) is 0 Å². The van der Waals surface area contributed by atoms with Gasteiger partial charge < -0.3 is 9.32 Å². The second kappa shape index (κ2) is 9.83. The molecule has 1 aliphatic carbocycles. The molecular weight excluding hydrogens is 571 g/mol. The van der Waals surface area contributed by atoms with Gasteiger partial charge in [-0.1, -0.05) is 138 Å². The van der Waals surface area contributed by atoms with Crippen molar-refractivity contribution in [2.75, 3.05) is 4.90 Å². The van der Waals surface area contributed by atoms with Gasteiger partial charge >= 0.3 is 0 Å². The summed E-state index contributed by atoms with van der Waals surface area (Å²) in [7, 11) is 0. The van der Waals surface area contributed by atoms with E-state index in [0.29, 0.717) is 0 Å². The Morgan fingerprint density at radius 3 is 2.00 bits per heavy atom. The Hall–Kier alpha value is -5.34. The third kappa shape index (κ3) is 4.04. The van der Waals surface area contributed by atoms with Crippen molar-refractivity contribution in [2.45, 2.75) is 45.4 Å². The van der Waals surface area contributed by atoms with Crippen molar-refractivity contribution >= 4 is 60.5 Å². The quantitative estimate of drug-likeness (QED) is 0.199. The molecule has 2 heteroatoms. The van der Waals surface area contributed by atoms with E-state index < -0.39 is 0 Å². The lowest BCUT2D eigenvalue weighted by Crippen LogP contribution is -2.17. The monoisotopic (exact) mass is 607 g/mol. The number of rotatable bonds is 3. The van der Waals surface area contributed by atoms with Crippen molar-refractivity contribution in [2.24, 2.45) is 0 Å². The SMILES string of the molecule is CC(C)(C)c1ccc(N(c2cc3c(c4ccccc24)-c2ccc4ccccc4c2C3(C)C)c2cccc3c2oc2ccccc23)cc1. The van der Waals surface area contributed by atoms with E-state index >= 15 is 0 Å². The lowest BCUT2D eigenvalue weighted by Gasteiger charge is -2.30. The van der Waals surface area contributed by atoms with Gasteiger partial charge in [0, 0.05) is 27.3 Å². The van der Waals surface area contributed by atoms with Crippen LogP contribution < -0.4 is 4.90 Å². The zero-order chi connectivity index (χ0) is 32.1. The summed E-state index contributed by atoms with van der Waals surface area (Å²) in [5.41, 5.74) is 11.7. The Morgan fingerprint density at radius 1 is 0.574 bits per heavy atom. The van der Waals surface area contributed by atoms with E-state index in [1.54, 1.807) is 0 Å². The van der Waals surface area contributed by atoms with Crippen molar-refractivity contribution in [1.29, 1.82) is 0 Å². The lowest BCUT2D eigenvalue weighted by atomic mass is 9.79. The summed E-state index contributed by atoms with van der Waals surface area (Å²) in [6, 6.07) is 48.9. The highest BCUT2D eigenvalue weighted by Gasteiger charge is 2.39. The van der Waals surface area contributed by atoms with Crippen molar-refractivity contribution in [1.82, 2.24) is 0 Å². The van der Waals surface area contributed by atoms with Gasteiger partial charge in [-0.15, -0.1) is 0 Å². The van der Waals surface area contributed by atoms with Crippen LogP contribution in [0, 0.1) is 0 Å². The van der Waals surface area contributed by atoms with Crippen LogP contribution in [0.4, 0.5) is 17.1 Å². The number of nitrogens with zero attached hydrogens (tertiary/aromatic N) is 1. The molecule has 0 atom stereocenters. The Balaban J connectivity index is 1.38. The number of benzene rings is 7. The molecule has 1 aliphatic rings. The van der Waals surface area contributed by atoms with Gasteiger partial charge in [0.1, 0.15) is 5.58 Å². The standard InChI is InChI=1S/C45H37NO/c1-44(2,3)29-22-24-30(25-23-29)46(38-19-12-18-35-33-16-10-11-20-40(33)47-43(35)38)39-27-37-41(34-17-9-8-15-32(34)39)36-26-21-28-13-6-7-14-31(28)42(36)45(37,4)5/h6-27H,1-5H3. The van der Waals surface area contributed by atoms with E-state index in [-0.39, 0.29) is 10.8 Å². The first kappa shape index (κ1) is 27.9. The second-order valence-corrected chi connectivity index (χ2v) is 14.6. The summed E-state index contributed by atoms with van der Waals surface area (Å²) in [4.78, 5) is 2.43. The molecule has 0 aliphatic heterocycles. The Labute approximate surface area is 275 Å². The predicted octanol–water partition coefficient (Wildman–Crippen LogP) is 13.0. The van der Waals surface area contributed by atoms with Gasteiger partial charge in [-0.25, -0.2) is 0 Å². The highest BCUT2D eigenvalue weighted by Crippen LogP contribution is 2.56. The number of hydrogen-bond acceptors (Lipinski definition) is 2. The second-order valence-electron chi connectivity index (χ2n) is 14.6. The molecule has 0 fully saturated rings. The number of fused-ring (bicyclic) bond motifs is 10. The highest BCUT2D eigenvalue weighted by atomic mass is 16.3. The molecule has 0 radical (unpaired) electrons. The van der Waals surface area contributed by atoms with Crippen LogP contribution in [0.15, 0.2) is 138 Å². The third-order valence-electron chi connectivity index (χ3n) is 10.4. The van der Waals surface area contributed by atoms with Crippen molar-refractivity contribution in [3.63, 3.8) is 0 Å². The molecule has 0 amide bonds. The van der Waals surface area contributed by atoms with E-state index in [1.165, 1.54) is 49.4 Å². The summed E-state index contributed by atoms with van der Waals surface area (Å²) in [5.74, 6) is 0. The fourth-order valence-electron chi connectivity index (χ4n) is 8.04. The fraction of sp³-hybridized carbons (Fsp3) is 0.156. The smallest absolute Gasteiger partial charge is 0.159 e. The van der Waals surface area contributed by atoms with Crippen molar-refractivity contribution in [3.05, 3.63) is 150 Å². The van der Waals surface area contributed by atoms with E-state index in [2.05, 4.69) is 167 Å². The van der Waals surface area contributed by atoms with Gasteiger partial charge in [0.25, 0.3) is 0 Å². The van der Waals surface area contributed by atoms with Gasteiger partial charge in [0.2, 0.25) is 0 Å². The number of hydrogen-bond donors (Lipinski definition) is 0. The normalized spacial score (nSPS) is 13.8. The summed E-state index contributed by atoms with van der Waals surface area (Å²) >= 11 is 0. The van der Waals surface area contributed by atoms with Gasteiger partial charge in [0.15, 0.2) is 5.58 Å². The van der Waals surface area contributed by atoms with Gasteiger partial charge in [0.05, 0.1) is 11.4 Å². The lowest BCUT2D eigenvalue weighted by molar-refractivity contribution is 0.590. The zero-order valence-corrected chi connectivity index (χ0v) is 27.6. The summed E-state index contributed by atoms with van der Waals surface area (Å²) < 4.78 is 6.69. The molecule has 0 spiro atoms. The highest BCUT2D eigenvalue weighted by molar-refractivity contribution is 6.15. The summed E-state index contributed by atoms with van der Waals surface area (Å²) in [5, 5.41) is 7.37. The van der Waals surface area contributed by atoms with Crippen molar-refractivity contribution in [3.8, 4) is 11.1 Å². The molecule has 47 heavy (non-hydrogen) atoms. The topological polar surface area (TPSA) is 16.4 Å². The number of furan rings is 1. The van der Waals surface area contributed by atoms with Crippen LogP contribution in [0.3, 0.4) is 0 Å². The van der Waals surface area contributed by atoms with Crippen LogP contribution in [0.2, 0.25) is 0 Å². The van der Waals surface area contributed by atoms with Crippen molar-refractivity contribution < 1.29 is 4.42 Å². The maximum absolute atomic E-state index is 6.69. The van der Waals surface area contributed by atoms with E-state index in [4.69, 9.17) is 4.42 Å². The van der Waals surface area contributed by atoms with Crippen LogP contribution >= 0.6 is 0 Å². The van der Waals surface area contributed by atoms with Crippen LogP contribution in [0.1, 0.15) is 51.3 Å². The van der Waals surface area contributed by atoms with Crippen LogP contribution in [0.25, 0.3) is 54.6 Å². The van der Waals surface area contributed by atoms with Gasteiger partial charge in [-0.3, -0.25) is 0 Å². The minimum Gasteiger partial charge on any atom is -0.454 e. The Bertz CT molecular complexity index is 2520. The van der Waals surface area contributed by atoms with E-state index in [1.807, 2.05) is 6.07 Å². The summed E-state index contributed by atoms with van der Waals surface area (Å²) in [6.45, 7) is 11.6. The van der Waals surface area contributed by atoms with E-state index in [9.17, 15) is 0 Å². The molecule has 1 aromatic heterocycles. The third-order valence-corrected chi connectivity index (χ3v) is 10.4. The molecule has 9 rings (SSSR count). The first-order chi connectivity index (χ1) is 22.7. The minimum atomic E-state index is -0.197. The number of anilines is 3. The molecule has 1 heterocycles. The Morgan fingerprint density at radius 2 is 1.23 bits per heavy atom. The fourth-order valence-corrected chi connectivity index (χ4v) is 8.04. The van der Waals surface area contributed by atoms with E-state index in [0.717, 1.165) is 39.0 Å². The maximum atomic E-state index is 6.69. The number of para-hydroxylation sites is 2. The van der Waals surface area contributed by atoms with Crippen LogP contribution in [0.5, 0.6) is 0 Å².